The summed E-state index contributed by atoms with van der Waals surface area (Å²) in [6, 6.07) is 7.40. The van der Waals surface area contributed by atoms with Crippen molar-refractivity contribution >= 4 is 17.1 Å². The topological polar surface area (TPSA) is 82.3 Å². The number of phenolic OH excluding ortho intramolecular Hbond substituents is 1. The lowest BCUT2D eigenvalue weighted by atomic mass is 10.2. The number of nitrogens with one attached hydrogen (secondary N) is 1. The highest BCUT2D eigenvalue weighted by Gasteiger charge is 2.23. The molecule has 0 amide bonds. The Bertz CT molecular complexity index is 1040. The summed E-state index contributed by atoms with van der Waals surface area (Å²) in [7, 11) is 0. The van der Waals surface area contributed by atoms with Gasteiger partial charge in [-0.05, 0) is 31.9 Å². The fourth-order valence-corrected chi connectivity index (χ4v) is 4.44. The molecule has 2 fully saturated rings. The van der Waals surface area contributed by atoms with Crippen LogP contribution in [0.1, 0.15) is 18.5 Å². The molecule has 2 aromatic heterocycles. The third-order valence-corrected chi connectivity index (χ3v) is 6.14. The first kappa shape index (κ1) is 19.3. The van der Waals surface area contributed by atoms with E-state index in [9.17, 15) is 5.11 Å². The standard InChI is InChI=1S/C22H29N7O/c1-16-19-21(26-22(24-16)28-10-4-5-11-28)29(15-14-27-12-8-23-9-13-27)20(25-19)17-6-2-3-7-18(17)30/h2-3,6-7,23,30H,4-5,8-15H2,1H3. The Morgan fingerprint density at radius 1 is 0.967 bits per heavy atom. The number of hydrogen-bond donors (Lipinski definition) is 2. The number of anilines is 1. The molecule has 2 aliphatic rings. The molecule has 0 saturated carbocycles. The van der Waals surface area contributed by atoms with Crippen molar-refractivity contribution in [3.8, 4) is 17.1 Å². The largest absolute Gasteiger partial charge is 0.507 e. The summed E-state index contributed by atoms with van der Waals surface area (Å²) < 4.78 is 2.17. The van der Waals surface area contributed by atoms with E-state index in [1.54, 1.807) is 6.07 Å². The van der Waals surface area contributed by atoms with Crippen molar-refractivity contribution in [1.29, 1.82) is 0 Å². The van der Waals surface area contributed by atoms with E-state index in [0.717, 1.165) is 86.6 Å². The first-order valence-electron chi connectivity index (χ1n) is 10.9. The molecule has 8 heteroatoms. The van der Waals surface area contributed by atoms with Crippen LogP contribution in [-0.4, -0.2) is 75.3 Å². The Morgan fingerprint density at radius 2 is 1.73 bits per heavy atom. The van der Waals surface area contributed by atoms with E-state index in [0.29, 0.717) is 0 Å². The number of piperazine rings is 1. The molecule has 1 aromatic carbocycles. The molecule has 2 N–H and O–H groups in total. The molecule has 2 aliphatic heterocycles. The van der Waals surface area contributed by atoms with Crippen LogP contribution >= 0.6 is 0 Å². The summed E-state index contributed by atoms with van der Waals surface area (Å²) in [6.07, 6.45) is 2.37. The van der Waals surface area contributed by atoms with Gasteiger partial charge in [0.2, 0.25) is 5.95 Å². The van der Waals surface area contributed by atoms with E-state index < -0.39 is 0 Å². The van der Waals surface area contributed by atoms with E-state index in [4.69, 9.17) is 15.0 Å². The number of rotatable bonds is 5. The van der Waals surface area contributed by atoms with Crippen LogP contribution in [0, 0.1) is 6.92 Å². The number of phenols is 1. The van der Waals surface area contributed by atoms with E-state index in [2.05, 4.69) is 19.7 Å². The third kappa shape index (κ3) is 3.61. The van der Waals surface area contributed by atoms with Gasteiger partial charge in [-0.1, -0.05) is 12.1 Å². The van der Waals surface area contributed by atoms with Crippen LogP contribution in [0.4, 0.5) is 5.95 Å². The normalized spacial score (nSPS) is 17.8. The Morgan fingerprint density at radius 3 is 2.50 bits per heavy atom. The fraction of sp³-hybridized carbons (Fsp3) is 0.500. The second-order valence-electron chi connectivity index (χ2n) is 8.17. The molecule has 5 rings (SSSR count). The Labute approximate surface area is 176 Å². The maximum atomic E-state index is 10.5. The Balaban J connectivity index is 1.59. The molecule has 2 saturated heterocycles. The van der Waals surface area contributed by atoms with Crippen LogP contribution in [0.2, 0.25) is 0 Å². The number of fused-ring (bicyclic) bond motifs is 1. The van der Waals surface area contributed by atoms with E-state index in [1.807, 2.05) is 25.1 Å². The van der Waals surface area contributed by atoms with Gasteiger partial charge in [0, 0.05) is 52.4 Å². The first-order valence-corrected chi connectivity index (χ1v) is 10.9. The van der Waals surface area contributed by atoms with Gasteiger partial charge in [0.25, 0.3) is 0 Å². The maximum absolute atomic E-state index is 10.5. The summed E-state index contributed by atoms with van der Waals surface area (Å²) >= 11 is 0. The van der Waals surface area contributed by atoms with E-state index in [1.165, 1.54) is 12.8 Å². The van der Waals surface area contributed by atoms with Gasteiger partial charge in [-0.15, -0.1) is 0 Å². The number of imidazole rings is 1. The molecule has 0 radical (unpaired) electrons. The third-order valence-electron chi connectivity index (χ3n) is 6.14. The minimum absolute atomic E-state index is 0.238. The second kappa shape index (κ2) is 8.20. The highest BCUT2D eigenvalue weighted by molar-refractivity contribution is 5.81. The molecule has 4 heterocycles. The molecule has 30 heavy (non-hydrogen) atoms. The zero-order valence-corrected chi connectivity index (χ0v) is 17.5. The lowest BCUT2D eigenvalue weighted by Crippen LogP contribution is -2.44. The Kier molecular flexibility index (Phi) is 5.26. The highest BCUT2D eigenvalue weighted by Crippen LogP contribution is 2.32. The summed E-state index contributed by atoms with van der Waals surface area (Å²) in [5.74, 6) is 1.79. The molecule has 0 spiro atoms. The highest BCUT2D eigenvalue weighted by atomic mass is 16.3. The molecular weight excluding hydrogens is 378 g/mol. The molecular formula is C22H29N7O. The number of benzene rings is 1. The summed E-state index contributed by atoms with van der Waals surface area (Å²) in [5, 5.41) is 13.9. The maximum Gasteiger partial charge on any atom is 0.227 e. The number of hydrogen-bond acceptors (Lipinski definition) is 7. The van der Waals surface area contributed by atoms with Gasteiger partial charge in [-0.2, -0.15) is 4.98 Å². The lowest BCUT2D eigenvalue weighted by molar-refractivity contribution is 0.233. The van der Waals surface area contributed by atoms with Crippen LogP contribution in [0.3, 0.4) is 0 Å². The van der Waals surface area contributed by atoms with Gasteiger partial charge < -0.3 is 19.9 Å². The van der Waals surface area contributed by atoms with Crippen LogP contribution in [-0.2, 0) is 6.54 Å². The average molecular weight is 408 g/mol. The predicted octanol–water partition coefficient (Wildman–Crippen LogP) is 2.01. The van der Waals surface area contributed by atoms with Crippen molar-refractivity contribution in [2.75, 3.05) is 50.7 Å². The van der Waals surface area contributed by atoms with Crippen LogP contribution in [0.15, 0.2) is 24.3 Å². The smallest absolute Gasteiger partial charge is 0.227 e. The molecule has 0 unspecified atom stereocenters. The van der Waals surface area contributed by atoms with E-state index in [-0.39, 0.29) is 5.75 Å². The summed E-state index contributed by atoms with van der Waals surface area (Å²) in [6.45, 7) is 9.86. The minimum Gasteiger partial charge on any atom is -0.507 e. The quantitative estimate of drug-likeness (QED) is 0.669. The summed E-state index contributed by atoms with van der Waals surface area (Å²) in [4.78, 5) is 19.4. The lowest BCUT2D eigenvalue weighted by Gasteiger charge is -2.27. The molecule has 0 bridgehead atoms. The number of para-hydroxylation sites is 1. The first-order chi connectivity index (χ1) is 14.7. The van der Waals surface area contributed by atoms with Gasteiger partial charge in [0.05, 0.1) is 11.3 Å². The molecule has 0 atom stereocenters. The monoisotopic (exact) mass is 407 g/mol. The Hall–Kier alpha value is -2.71. The summed E-state index contributed by atoms with van der Waals surface area (Å²) in [5.41, 5.74) is 3.30. The van der Waals surface area contributed by atoms with Crippen molar-refractivity contribution < 1.29 is 5.11 Å². The van der Waals surface area contributed by atoms with Crippen molar-refractivity contribution in [3.63, 3.8) is 0 Å². The van der Waals surface area contributed by atoms with Crippen molar-refractivity contribution in [2.45, 2.75) is 26.3 Å². The predicted molar refractivity (Wildman–Crippen MR) is 118 cm³/mol. The van der Waals surface area contributed by atoms with Gasteiger partial charge >= 0.3 is 0 Å². The van der Waals surface area contributed by atoms with Crippen molar-refractivity contribution in [1.82, 2.24) is 29.7 Å². The average Bonchev–Trinajstić information content (AvgIpc) is 3.42. The van der Waals surface area contributed by atoms with Crippen molar-refractivity contribution in [3.05, 3.63) is 30.0 Å². The van der Waals surface area contributed by atoms with Crippen LogP contribution in [0.25, 0.3) is 22.6 Å². The van der Waals surface area contributed by atoms with Gasteiger partial charge in [0.1, 0.15) is 17.1 Å². The zero-order chi connectivity index (χ0) is 20.5. The molecule has 158 valence electrons. The number of aromatic nitrogens is 4. The van der Waals surface area contributed by atoms with Crippen molar-refractivity contribution in [2.24, 2.45) is 0 Å². The second-order valence-corrected chi connectivity index (χ2v) is 8.17. The SMILES string of the molecule is Cc1nc(N2CCCC2)nc2c1nc(-c1ccccc1O)n2CCN1CCNCC1. The zero-order valence-electron chi connectivity index (χ0n) is 17.5. The van der Waals surface area contributed by atoms with Gasteiger partial charge in [-0.25, -0.2) is 9.97 Å². The van der Waals surface area contributed by atoms with Crippen LogP contribution in [0.5, 0.6) is 5.75 Å². The molecule has 8 nitrogen and oxygen atoms in total. The van der Waals surface area contributed by atoms with Crippen LogP contribution < -0.4 is 10.2 Å². The molecule has 0 aliphatic carbocycles. The van der Waals surface area contributed by atoms with Gasteiger partial charge in [0.15, 0.2) is 5.65 Å². The molecule has 3 aromatic rings. The number of aryl methyl sites for hydroxylation is 1. The van der Waals surface area contributed by atoms with Gasteiger partial charge in [-0.3, -0.25) is 4.90 Å². The van der Waals surface area contributed by atoms with E-state index >= 15 is 0 Å². The minimum atomic E-state index is 0.238. The fourth-order valence-electron chi connectivity index (χ4n) is 4.44. The number of aromatic hydroxyl groups is 1. The number of nitrogens with zero attached hydrogens (tertiary/aromatic N) is 6.